The first kappa shape index (κ1) is 5.66. The van der Waals surface area contributed by atoms with Crippen LogP contribution >= 0.6 is 0 Å². The Bertz CT molecular complexity index is 242. The van der Waals surface area contributed by atoms with E-state index in [-0.39, 0.29) is 0 Å². The van der Waals surface area contributed by atoms with Gasteiger partial charge in [-0.2, -0.15) is 18.1 Å². The maximum Gasteiger partial charge on any atom is -0.00635 e. The molecule has 1 heterocycles. The Labute approximate surface area is 61.3 Å². The first-order valence-electron chi connectivity index (χ1n) is 3.51. The van der Waals surface area contributed by atoms with Crippen LogP contribution in [0, 0.1) is 6.42 Å². The molecule has 0 saturated heterocycles. The van der Waals surface area contributed by atoms with Crippen molar-refractivity contribution in [3.05, 3.63) is 36.2 Å². The van der Waals surface area contributed by atoms with Crippen LogP contribution in [0.15, 0.2) is 24.3 Å². The van der Waals surface area contributed by atoms with Crippen molar-refractivity contribution in [3.8, 4) is 0 Å². The summed E-state index contributed by atoms with van der Waals surface area (Å²) in [4.78, 5) is 2.25. The van der Waals surface area contributed by atoms with E-state index in [4.69, 9.17) is 0 Å². The zero-order valence-corrected chi connectivity index (χ0v) is 6.04. The number of fused-ring (bicyclic) bond motifs is 1. The molecular formula is C9H10N-. The van der Waals surface area contributed by atoms with Crippen molar-refractivity contribution in [3.63, 3.8) is 0 Å². The summed E-state index contributed by atoms with van der Waals surface area (Å²) in [7, 11) is 2.11. The van der Waals surface area contributed by atoms with Crippen molar-refractivity contribution in [1.29, 1.82) is 0 Å². The fraction of sp³-hybridized carbons (Fsp3) is 0.222. The molecule has 0 N–H and O–H groups in total. The van der Waals surface area contributed by atoms with Crippen LogP contribution in [0.3, 0.4) is 0 Å². The molecule has 0 bridgehead atoms. The maximum absolute atomic E-state index is 2.25. The van der Waals surface area contributed by atoms with E-state index in [1.165, 1.54) is 11.3 Å². The van der Waals surface area contributed by atoms with Gasteiger partial charge in [0, 0.05) is 0 Å². The van der Waals surface area contributed by atoms with Crippen LogP contribution in [0.25, 0.3) is 0 Å². The summed E-state index contributed by atoms with van der Waals surface area (Å²) in [5.41, 5.74) is 2.72. The van der Waals surface area contributed by atoms with Crippen LogP contribution in [0.4, 0.5) is 5.69 Å². The lowest BCUT2D eigenvalue weighted by molar-refractivity contribution is 1.05. The van der Waals surface area contributed by atoms with Crippen molar-refractivity contribution in [1.82, 2.24) is 0 Å². The molecule has 0 atom stereocenters. The third-order valence-electron chi connectivity index (χ3n) is 1.93. The van der Waals surface area contributed by atoms with E-state index >= 15 is 0 Å². The predicted octanol–water partition coefficient (Wildman–Crippen LogP) is 1.69. The molecule has 1 aromatic rings. The molecule has 10 heavy (non-hydrogen) atoms. The van der Waals surface area contributed by atoms with Crippen LogP contribution in [0.2, 0.25) is 0 Å². The molecule has 1 heteroatoms. The van der Waals surface area contributed by atoms with Crippen molar-refractivity contribution in [2.24, 2.45) is 0 Å². The Hall–Kier alpha value is -1.11. The maximum atomic E-state index is 2.25. The topological polar surface area (TPSA) is 3.24 Å². The highest BCUT2D eigenvalue weighted by molar-refractivity contribution is 5.61. The van der Waals surface area contributed by atoms with Crippen LogP contribution < -0.4 is 4.90 Å². The van der Waals surface area contributed by atoms with Gasteiger partial charge in [-0.05, 0) is 13.6 Å². The number of rotatable bonds is 0. The minimum Gasteiger partial charge on any atom is -0.432 e. The van der Waals surface area contributed by atoms with Crippen molar-refractivity contribution in [2.75, 3.05) is 18.5 Å². The Balaban J connectivity index is 2.51. The van der Waals surface area contributed by atoms with E-state index in [1.807, 2.05) is 0 Å². The van der Waals surface area contributed by atoms with Crippen LogP contribution in [0.1, 0.15) is 5.56 Å². The van der Waals surface area contributed by atoms with E-state index in [9.17, 15) is 0 Å². The lowest BCUT2D eigenvalue weighted by Gasteiger charge is -2.17. The summed E-state index contributed by atoms with van der Waals surface area (Å²) >= 11 is 0. The largest absolute Gasteiger partial charge is 0.432 e. The van der Waals surface area contributed by atoms with Gasteiger partial charge in [0.2, 0.25) is 0 Å². The number of likely N-dealkylation sites (N-methyl/N-ethyl adjacent to an activating group) is 1. The Morgan fingerprint density at radius 2 is 2.20 bits per heavy atom. The van der Waals surface area contributed by atoms with Crippen molar-refractivity contribution in [2.45, 2.75) is 0 Å². The Kier molecular flexibility index (Phi) is 1.10. The van der Waals surface area contributed by atoms with E-state index in [1.54, 1.807) is 0 Å². The third kappa shape index (κ3) is 0.670. The molecule has 1 aliphatic rings. The zero-order valence-electron chi connectivity index (χ0n) is 6.04. The standard InChI is InChI=1S/C9H10N/c1-10-7-6-8-4-2-3-5-9(8)10/h2-6H,7H2,1H3/q-1. The molecule has 0 amide bonds. The molecule has 0 fully saturated rings. The van der Waals surface area contributed by atoms with Gasteiger partial charge < -0.3 is 4.90 Å². The smallest absolute Gasteiger partial charge is 0.00635 e. The molecule has 2 rings (SSSR count). The molecule has 1 aliphatic heterocycles. The van der Waals surface area contributed by atoms with Gasteiger partial charge in [0.05, 0.1) is 0 Å². The van der Waals surface area contributed by atoms with Crippen LogP contribution in [-0.4, -0.2) is 13.6 Å². The Morgan fingerprint density at radius 1 is 1.40 bits per heavy atom. The second kappa shape index (κ2) is 1.94. The molecule has 0 radical (unpaired) electrons. The van der Waals surface area contributed by atoms with E-state index in [0.29, 0.717) is 0 Å². The third-order valence-corrected chi connectivity index (χ3v) is 1.93. The average molecular weight is 132 g/mol. The number of para-hydroxylation sites is 1. The van der Waals surface area contributed by atoms with E-state index in [0.717, 1.165) is 6.54 Å². The van der Waals surface area contributed by atoms with Gasteiger partial charge in [-0.25, -0.2) is 0 Å². The zero-order chi connectivity index (χ0) is 6.97. The number of nitrogens with zero attached hydrogens (tertiary/aromatic N) is 1. The number of benzene rings is 1. The van der Waals surface area contributed by atoms with Gasteiger partial charge in [-0.15, -0.1) is 6.07 Å². The summed E-state index contributed by atoms with van der Waals surface area (Å²) in [5.74, 6) is 0. The monoisotopic (exact) mass is 132 g/mol. The van der Waals surface area contributed by atoms with Gasteiger partial charge in [0.25, 0.3) is 0 Å². The second-order valence-electron chi connectivity index (χ2n) is 2.64. The quantitative estimate of drug-likeness (QED) is 0.485. The molecule has 0 aromatic heterocycles. The summed E-state index contributed by atoms with van der Waals surface area (Å²) < 4.78 is 0. The number of hydrogen-bond donors (Lipinski definition) is 0. The van der Waals surface area contributed by atoms with Gasteiger partial charge in [-0.3, -0.25) is 0 Å². The van der Waals surface area contributed by atoms with Gasteiger partial charge in [-0.1, -0.05) is 17.8 Å². The fourth-order valence-corrected chi connectivity index (χ4v) is 1.34. The molecule has 52 valence electrons. The molecule has 1 aromatic carbocycles. The molecule has 0 unspecified atom stereocenters. The SMILES string of the molecule is CN1C[CH-]c2ccccc21. The van der Waals surface area contributed by atoms with Crippen LogP contribution in [0.5, 0.6) is 0 Å². The highest BCUT2D eigenvalue weighted by atomic mass is 15.1. The minimum absolute atomic E-state index is 1.05. The average Bonchev–Trinajstić information content (AvgIpc) is 2.34. The summed E-state index contributed by atoms with van der Waals surface area (Å²) in [5, 5.41) is 0. The number of hydrogen-bond acceptors (Lipinski definition) is 1. The summed E-state index contributed by atoms with van der Waals surface area (Å²) in [6.45, 7) is 1.05. The van der Waals surface area contributed by atoms with Gasteiger partial charge in [0.15, 0.2) is 0 Å². The summed E-state index contributed by atoms with van der Waals surface area (Å²) in [6.07, 6.45) is 2.25. The predicted molar refractivity (Wildman–Crippen MR) is 43.1 cm³/mol. The van der Waals surface area contributed by atoms with Gasteiger partial charge in [0.1, 0.15) is 0 Å². The lowest BCUT2D eigenvalue weighted by Crippen LogP contribution is -2.11. The fourth-order valence-electron chi connectivity index (χ4n) is 1.34. The highest BCUT2D eigenvalue weighted by Crippen LogP contribution is 2.26. The Morgan fingerprint density at radius 3 is 3.00 bits per heavy atom. The summed E-state index contributed by atoms with van der Waals surface area (Å²) in [6, 6.07) is 8.46. The molecular weight excluding hydrogens is 122 g/mol. The van der Waals surface area contributed by atoms with E-state index < -0.39 is 0 Å². The highest BCUT2D eigenvalue weighted by Gasteiger charge is 2.03. The first-order valence-corrected chi connectivity index (χ1v) is 3.51. The van der Waals surface area contributed by atoms with Crippen LogP contribution in [-0.2, 0) is 0 Å². The second-order valence-corrected chi connectivity index (χ2v) is 2.64. The van der Waals surface area contributed by atoms with Gasteiger partial charge >= 0.3 is 0 Å². The molecule has 0 saturated carbocycles. The molecule has 1 nitrogen and oxygen atoms in total. The normalized spacial score (nSPS) is 14.7. The van der Waals surface area contributed by atoms with E-state index in [2.05, 4.69) is 42.6 Å². The number of anilines is 1. The lowest BCUT2D eigenvalue weighted by atomic mass is 10.2. The molecule has 0 aliphatic carbocycles. The molecule has 0 spiro atoms. The van der Waals surface area contributed by atoms with Crippen molar-refractivity contribution >= 4 is 5.69 Å². The first-order chi connectivity index (χ1) is 4.88. The minimum atomic E-state index is 1.05. The van der Waals surface area contributed by atoms with Crippen molar-refractivity contribution < 1.29 is 0 Å².